The summed E-state index contributed by atoms with van der Waals surface area (Å²) in [5.74, 6) is -2.00. The van der Waals surface area contributed by atoms with Crippen LogP contribution in [-0.2, 0) is 36.8 Å². The van der Waals surface area contributed by atoms with E-state index in [1.54, 1.807) is 27.0 Å². The number of ether oxygens (including phenoxy) is 1. The number of aromatic nitrogens is 1. The highest BCUT2D eigenvalue weighted by atomic mass is 16.6. The molecule has 0 aliphatic rings. The molecule has 4 rings (SSSR count). The summed E-state index contributed by atoms with van der Waals surface area (Å²) in [6, 6.07) is 20.9. The Balaban J connectivity index is 1.40. The maximum Gasteiger partial charge on any atom is 0.408 e. The van der Waals surface area contributed by atoms with E-state index in [-0.39, 0.29) is 50.6 Å². The highest BCUT2D eigenvalue weighted by molar-refractivity contribution is 5.93. The normalized spacial score (nSPS) is 12.7. The predicted molar refractivity (Wildman–Crippen MR) is 227 cm³/mol. The largest absolute Gasteiger partial charge is 0.444 e. The van der Waals surface area contributed by atoms with E-state index in [2.05, 4.69) is 31.6 Å². The topological polar surface area (TPSA) is 217 Å². The van der Waals surface area contributed by atoms with Gasteiger partial charge >= 0.3 is 12.1 Å². The average molecular weight is 811 g/mol. The van der Waals surface area contributed by atoms with Gasteiger partial charge in [0.2, 0.25) is 23.6 Å². The number of aryl methyl sites for hydroxylation is 1. The number of aromatic amines is 1. The number of hydrogen-bond donors (Lipinski definition) is 7. The Kier molecular flexibility index (Phi) is 16.9. The number of nitrogens with two attached hydrogens (primary N) is 1. The first-order valence-electron chi connectivity index (χ1n) is 19.9. The van der Waals surface area contributed by atoms with Gasteiger partial charge in [-0.05, 0) is 82.2 Å². The number of urea groups is 1. The van der Waals surface area contributed by atoms with Crippen molar-refractivity contribution in [1.82, 2.24) is 31.2 Å². The molecule has 316 valence electrons. The fourth-order valence-corrected chi connectivity index (χ4v) is 6.47. The van der Waals surface area contributed by atoms with E-state index < -0.39 is 47.5 Å². The Morgan fingerprint density at radius 1 is 0.780 bits per heavy atom. The zero-order chi connectivity index (χ0) is 43.0. The van der Waals surface area contributed by atoms with E-state index in [1.165, 1.54) is 11.9 Å². The van der Waals surface area contributed by atoms with Crippen LogP contribution in [0.25, 0.3) is 10.9 Å². The highest BCUT2D eigenvalue weighted by Crippen LogP contribution is 2.20. The summed E-state index contributed by atoms with van der Waals surface area (Å²) in [6.45, 7) is 7.47. The molecule has 1 aromatic heterocycles. The molecule has 7 amide bonds. The van der Waals surface area contributed by atoms with Gasteiger partial charge in [0, 0.05) is 62.2 Å². The Hall–Kier alpha value is -6.38. The van der Waals surface area contributed by atoms with Crippen LogP contribution >= 0.6 is 0 Å². The van der Waals surface area contributed by atoms with Gasteiger partial charge in [0.15, 0.2) is 0 Å². The number of alkyl carbamates (subject to hydrolysis) is 1. The van der Waals surface area contributed by atoms with Gasteiger partial charge < -0.3 is 46.9 Å². The maximum atomic E-state index is 14.0. The number of rotatable bonds is 20. The number of hydrogen-bond acceptors (Lipinski definition) is 7. The van der Waals surface area contributed by atoms with Crippen molar-refractivity contribution in [3.05, 3.63) is 102 Å². The molecule has 8 N–H and O–H groups in total. The quantitative estimate of drug-likeness (QED) is 0.0616. The summed E-state index contributed by atoms with van der Waals surface area (Å²) >= 11 is 0. The Bertz CT molecular complexity index is 2050. The molecule has 15 heteroatoms. The molecule has 15 nitrogen and oxygen atoms in total. The molecule has 0 aliphatic carbocycles. The lowest BCUT2D eigenvalue weighted by atomic mass is 10.0. The number of nitrogens with one attached hydrogen (secondary N) is 6. The first-order chi connectivity index (χ1) is 28.1. The molecular weight excluding hydrogens is 753 g/mol. The smallest absolute Gasteiger partial charge is 0.408 e. The van der Waals surface area contributed by atoms with Crippen LogP contribution in [0.1, 0.15) is 69.6 Å². The van der Waals surface area contributed by atoms with E-state index in [0.29, 0.717) is 25.1 Å². The molecule has 0 bridgehead atoms. The SMILES string of the molecule is Cc1ccccc1NC(=O)NCCCC[C@H](NC(=O)[C@H](Cc1c[nH]c2ccccc12)NC(=O)OC(C)(C)C)C(=O)NCCCC(=O)N(C)[C@@H](Cc1ccccc1)C(N)=O. The minimum Gasteiger partial charge on any atom is -0.444 e. The number of nitrogens with zero attached hydrogens (tertiary/aromatic N) is 1. The molecule has 0 spiro atoms. The molecule has 59 heavy (non-hydrogen) atoms. The number of anilines is 1. The molecule has 0 unspecified atom stereocenters. The summed E-state index contributed by atoms with van der Waals surface area (Å²) in [7, 11) is 1.53. The number of amides is 7. The molecule has 0 radical (unpaired) electrons. The van der Waals surface area contributed by atoms with E-state index in [1.807, 2.05) is 85.8 Å². The van der Waals surface area contributed by atoms with Crippen LogP contribution in [0.5, 0.6) is 0 Å². The van der Waals surface area contributed by atoms with Crippen molar-refractivity contribution in [2.75, 3.05) is 25.5 Å². The van der Waals surface area contributed by atoms with Crippen molar-refractivity contribution in [1.29, 1.82) is 0 Å². The number of carbonyl (C=O) groups excluding carboxylic acids is 6. The molecule has 4 aromatic rings. The first kappa shape index (κ1) is 45.3. The minimum atomic E-state index is -1.10. The summed E-state index contributed by atoms with van der Waals surface area (Å²) in [4.78, 5) is 83.1. The number of unbranched alkanes of at least 4 members (excludes halogenated alkanes) is 1. The van der Waals surface area contributed by atoms with Crippen LogP contribution < -0.4 is 32.3 Å². The Labute approximate surface area is 345 Å². The van der Waals surface area contributed by atoms with Crippen molar-refractivity contribution < 1.29 is 33.5 Å². The fourth-order valence-electron chi connectivity index (χ4n) is 6.47. The second-order valence-corrected chi connectivity index (χ2v) is 15.5. The number of carbonyl (C=O) groups is 6. The van der Waals surface area contributed by atoms with Gasteiger partial charge in [-0.1, -0.05) is 66.7 Å². The third-order valence-electron chi connectivity index (χ3n) is 9.67. The van der Waals surface area contributed by atoms with Crippen molar-refractivity contribution in [2.24, 2.45) is 5.73 Å². The number of H-pyrrole nitrogens is 1. The van der Waals surface area contributed by atoms with E-state index in [0.717, 1.165) is 27.6 Å². The van der Waals surface area contributed by atoms with Gasteiger partial charge in [-0.25, -0.2) is 9.59 Å². The molecule has 3 atom stereocenters. The summed E-state index contributed by atoms with van der Waals surface area (Å²) in [5.41, 5.74) is 8.96. The lowest BCUT2D eigenvalue weighted by Crippen LogP contribution is -2.55. The summed E-state index contributed by atoms with van der Waals surface area (Å²) in [6.07, 6.45) is 2.83. The molecule has 3 aromatic carbocycles. The lowest BCUT2D eigenvalue weighted by Gasteiger charge is -2.26. The fraction of sp³-hybridized carbons (Fsp3) is 0.409. The van der Waals surface area contributed by atoms with Gasteiger partial charge in [0.25, 0.3) is 0 Å². The molecule has 0 saturated heterocycles. The molecule has 0 aliphatic heterocycles. The third-order valence-corrected chi connectivity index (χ3v) is 9.67. The Morgan fingerprint density at radius 2 is 1.46 bits per heavy atom. The van der Waals surface area contributed by atoms with Crippen LogP contribution in [0, 0.1) is 6.92 Å². The van der Waals surface area contributed by atoms with Gasteiger partial charge in [0.1, 0.15) is 23.7 Å². The zero-order valence-electron chi connectivity index (χ0n) is 34.6. The van der Waals surface area contributed by atoms with Crippen LogP contribution in [0.15, 0.2) is 85.1 Å². The van der Waals surface area contributed by atoms with Crippen molar-refractivity contribution in [2.45, 2.75) is 96.4 Å². The van der Waals surface area contributed by atoms with E-state index in [4.69, 9.17) is 10.5 Å². The highest BCUT2D eigenvalue weighted by Gasteiger charge is 2.30. The second kappa shape index (κ2) is 22.0. The van der Waals surface area contributed by atoms with Crippen molar-refractivity contribution in [3.63, 3.8) is 0 Å². The van der Waals surface area contributed by atoms with E-state index in [9.17, 15) is 28.8 Å². The second-order valence-electron chi connectivity index (χ2n) is 15.5. The summed E-state index contributed by atoms with van der Waals surface area (Å²) in [5, 5.41) is 14.9. The predicted octanol–water partition coefficient (Wildman–Crippen LogP) is 4.84. The van der Waals surface area contributed by atoms with E-state index >= 15 is 0 Å². The summed E-state index contributed by atoms with van der Waals surface area (Å²) < 4.78 is 5.48. The van der Waals surface area contributed by atoms with Gasteiger partial charge in [-0.3, -0.25) is 19.2 Å². The number of primary amides is 1. The lowest BCUT2D eigenvalue weighted by molar-refractivity contribution is -0.137. The van der Waals surface area contributed by atoms with Gasteiger partial charge in [-0.2, -0.15) is 0 Å². The molecular formula is C44H58N8O7. The third kappa shape index (κ3) is 14.8. The molecule has 0 saturated carbocycles. The first-order valence-corrected chi connectivity index (χ1v) is 19.9. The van der Waals surface area contributed by atoms with Crippen molar-refractivity contribution in [3.8, 4) is 0 Å². The molecule has 1 heterocycles. The Morgan fingerprint density at radius 3 is 2.17 bits per heavy atom. The number of para-hydroxylation sites is 2. The van der Waals surface area contributed by atoms with Crippen LogP contribution in [0.2, 0.25) is 0 Å². The average Bonchev–Trinajstić information content (AvgIpc) is 3.60. The van der Waals surface area contributed by atoms with Crippen LogP contribution in [0.4, 0.5) is 15.3 Å². The number of likely N-dealkylation sites (N-methyl/N-ethyl adjacent to an activating group) is 1. The maximum absolute atomic E-state index is 14.0. The van der Waals surface area contributed by atoms with Crippen LogP contribution in [0.3, 0.4) is 0 Å². The molecule has 0 fully saturated rings. The van der Waals surface area contributed by atoms with Crippen molar-refractivity contribution >= 4 is 52.3 Å². The standard InChI is InChI=1S/C44H58N8O7/c1-29-16-9-11-20-33(29)50-42(57)47-24-14-13-22-35(40(55)46-25-15-23-38(53)52(5)37(39(45)54)26-30-17-7-6-8-18-30)49-41(56)36(51-43(58)59-44(2,3)4)27-31-28-48-34-21-12-10-19-32(31)34/h6-12,16-21,28,35-37,48H,13-15,22-27H2,1-5H3,(H2,45,54)(H,46,55)(H,49,56)(H,51,58)(H2,47,50,57)/t35-,36-,37-/m0/s1. The van der Waals surface area contributed by atoms with Gasteiger partial charge in [-0.15, -0.1) is 0 Å². The number of fused-ring (bicyclic) bond motifs is 1. The minimum absolute atomic E-state index is 0.0368. The van der Waals surface area contributed by atoms with Gasteiger partial charge in [0.05, 0.1) is 0 Å². The number of benzene rings is 3. The monoisotopic (exact) mass is 810 g/mol. The van der Waals surface area contributed by atoms with Crippen LogP contribution in [-0.4, -0.2) is 89.5 Å². The zero-order valence-corrected chi connectivity index (χ0v) is 34.6.